The van der Waals surface area contributed by atoms with Crippen molar-refractivity contribution in [3.63, 3.8) is 0 Å². The topological polar surface area (TPSA) is 120 Å². The molecule has 0 fully saturated rings. The molecule has 3 rings (SSSR count). The van der Waals surface area contributed by atoms with E-state index in [9.17, 15) is 14.4 Å². The third-order valence-corrected chi connectivity index (χ3v) is 5.48. The van der Waals surface area contributed by atoms with Crippen molar-refractivity contribution >= 4 is 40.1 Å². The number of carbonyl (C=O) groups excluding carboxylic acids is 3. The molecule has 1 atom stereocenters. The van der Waals surface area contributed by atoms with Crippen LogP contribution >= 0.6 is 11.3 Å². The van der Waals surface area contributed by atoms with Crippen LogP contribution in [-0.4, -0.2) is 47.1 Å². The molecule has 1 amide bonds. The highest BCUT2D eigenvalue weighted by molar-refractivity contribution is 7.20. The molecule has 172 valence electrons. The number of aromatic nitrogens is 2. The van der Waals surface area contributed by atoms with Crippen LogP contribution in [0.25, 0.3) is 10.4 Å². The number of benzene rings is 1. The minimum absolute atomic E-state index is 0.0289. The number of carbonyl (C=O) groups is 3. The van der Waals surface area contributed by atoms with Crippen molar-refractivity contribution < 1.29 is 23.9 Å². The zero-order valence-electron chi connectivity index (χ0n) is 18.2. The minimum Gasteiger partial charge on any atom is -0.462 e. The van der Waals surface area contributed by atoms with Gasteiger partial charge in [-0.2, -0.15) is 0 Å². The summed E-state index contributed by atoms with van der Waals surface area (Å²) in [6, 6.07) is 12.8. The number of nitrogens with zero attached hydrogens (tertiary/aromatic N) is 2. The molecule has 0 aliphatic carbocycles. The van der Waals surface area contributed by atoms with Crippen molar-refractivity contribution in [2.75, 3.05) is 23.8 Å². The molecule has 2 aromatic heterocycles. The Morgan fingerprint density at radius 1 is 1.09 bits per heavy atom. The molecule has 0 aliphatic heterocycles. The third-order valence-electron chi connectivity index (χ3n) is 4.38. The van der Waals surface area contributed by atoms with Crippen molar-refractivity contribution in [3.8, 4) is 10.4 Å². The van der Waals surface area contributed by atoms with Crippen molar-refractivity contribution in [3.05, 3.63) is 60.4 Å². The van der Waals surface area contributed by atoms with Gasteiger partial charge in [0.1, 0.15) is 5.00 Å². The molecule has 33 heavy (non-hydrogen) atoms. The van der Waals surface area contributed by atoms with E-state index in [0.29, 0.717) is 10.9 Å². The second-order valence-electron chi connectivity index (χ2n) is 6.81. The van der Waals surface area contributed by atoms with E-state index in [1.54, 1.807) is 31.5 Å². The van der Waals surface area contributed by atoms with E-state index in [2.05, 4.69) is 20.6 Å². The predicted octanol–water partition coefficient (Wildman–Crippen LogP) is 3.75. The first-order valence-electron chi connectivity index (χ1n) is 10.4. The second kappa shape index (κ2) is 11.7. The zero-order valence-corrected chi connectivity index (χ0v) is 19.1. The lowest BCUT2D eigenvalue weighted by atomic mass is 10.1. The van der Waals surface area contributed by atoms with Crippen LogP contribution in [0.15, 0.2) is 54.9 Å². The van der Waals surface area contributed by atoms with Crippen molar-refractivity contribution in [1.82, 2.24) is 9.97 Å². The predicted molar refractivity (Wildman–Crippen MR) is 125 cm³/mol. The van der Waals surface area contributed by atoms with Gasteiger partial charge in [0.15, 0.2) is 6.10 Å². The normalized spacial score (nSPS) is 11.3. The summed E-state index contributed by atoms with van der Waals surface area (Å²) in [5.74, 6) is -1.24. The van der Waals surface area contributed by atoms with Crippen molar-refractivity contribution in [2.24, 2.45) is 0 Å². The number of anilines is 2. The smallest absolute Gasteiger partial charge is 0.341 e. The summed E-state index contributed by atoms with van der Waals surface area (Å²) >= 11 is 1.25. The number of hydrogen-bond donors (Lipinski definition) is 2. The molecular formula is C23H24N4O5S. The van der Waals surface area contributed by atoms with Gasteiger partial charge in [0.05, 0.1) is 18.6 Å². The lowest BCUT2D eigenvalue weighted by molar-refractivity contribution is -0.152. The summed E-state index contributed by atoms with van der Waals surface area (Å²) < 4.78 is 10.3. The third kappa shape index (κ3) is 6.84. The van der Waals surface area contributed by atoms with E-state index in [-0.39, 0.29) is 25.1 Å². The number of amides is 1. The first kappa shape index (κ1) is 23.9. The van der Waals surface area contributed by atoms with Crippen LogP contribution in [0.5, 0.6) is 0 Å². The number of thiophene rings is 1. The number of esters is 2. The number of nitrogens with one attached hydrogen (secondary N) is 2. The van der Waals surface area contributed by atoms with Gasteiger partial charge in [0, 0.05) is 23.8 Å². The Morgan fingerprint density at radius 2 is 1.82 bits per heavy atom. The number of hydrogen-bond acceptors (Lipinski definition) is 9. The van der Waals surface area contributed by atoms with Crippen LogP contribution in [0.2, 0.25) is 0 Å². The molecule has 0 saturated heterocycles. The lowest BCUT2D eigenvalue weighted by Crippen LogP contribution is -2.30. The molecule has 0 aliphatic rings. The van der Waals surface area contributed by atoms with E-state index >= 15 is 0 Å². The molecule has 3 aromatic rings. The Balaban J connectivity index is 1.61. The van der Waals surface area contributed by atoms with Gasteiger partial charge in [-0.1, -0.05) is 30.3 Å². The summed E-state index contributed by atoms with van der Waals surface area (Å²) in [7, 11) is 0. The summed E-state index contributed by atoms with van der Waals surface area (Å²) in [4.78, 5) is 45.9. The molecule has 0 saturated carbocycles. The molecule has 1 aromatic carbocycles. The molecule has 9 nitrogen and oxygen atoms in total. The van der Waals surface area contributed by atoms with E-state index < -0.39 is 23.9 Å². The Labute approximate surface area is 195 Å². The monoisotopic (exact) mass is 468 g/mol. The fourth-order valence-corrected chi connectivity index (χ4v) is 3.83. The summed E-state index contributed by atoms with van der Waals surface area (Å²) in [5, 5.41) is 5.92. The average Bonchev–Trinajstić information content (AvgIpc) is 3.24. The highest BCUT2D eigenvalue weighted by Crippen LogP contribution is 2.36. The van der Waals surface area contributed by atoms with Gasteiger partial charge < -0.3 is 20.1 Å². The van der Waals surface area contributed by atoms with E-state index in [4.69, 9.17) is 9.47 Å². The van der Waals surface area contributed by atoms with Crippen LogP contribution in [0.1, 0.15) is 30.6 Å². The molecule has 0 radical (unpaired) electrons. The maximum absolute atomic E-state index is 12.7. The SMILES string of the molecule is CCOC(=O)c1cc(-c2ccccc2)sc1NC(=O)C(C)OC(=O)CCNc1ncccn1. The lowest BCUT2D eigenvalue weighted by Gasteiger charge is -2.13. The number of ether oxygens (including phenoxy) is 2. The molecule has 2 heterocycles. The molecule has 0 spiro atoms. The van der Waals surface area contributed by atoms with E-state index in [0.717, 1.165) is 10.4 Å². The highest BCUT2D eigenvalue weighted by Gasteiger charge is 2.23. The van der Waals surface area contributed by atoms with Crippen molar-refractivity contribution in [2.45, 2.75) is 26.4 Å². The van der Waals surface area contributed by atoms with Crippen LogP contribution in [-0.2, 0) is 19.1 Å². The van der Waals surface area contributed by atoms with Gasteiger partial charge in [-0.25, -0.2) is 14.8 Å². The minimum atomic E-state index is -1.05. The Kier molecular flexibility index (Phi) is 8.48. The highest BCUT2D eigenvalue weighted by atomic mass is 32.1. The molecule has 1 unspecified atom stereocenters. The molecule has 0 bridgehead atoms. The first-order valence-corrected chi connectivity index (χ1v) is 11.2. The largest absolute Gasteiger partial charge is 0.462 e. The van der Waals surface area contributed by atoms with Gasteiger partial charge >= 0.3 is 11.9 Å². The quantitative estimate of drug-likeness (QED) is 0.432. The molecular weight excluding hydrogens is 444 g/mol. The second-order valence-corrected chi connectivity index (χ2v) is 7.86. The maximum atomic E-state index is 12.7. The fraction of sp³-hybridized carbons (Fsp3) is 0.261. The summed E-state index contributed by atoms with van der Waals surface area (Å²) in [6.07, 6.45) is 2.14. The number of rotatable bonds is 10. The van der Waals surface area contributed by atoms with E-state index in [1.165, 1.54) is 18.3 Å². The van der Waals surface area contributed by atoms with Crippen LogP contribution < -0.4 is 10.6 Å². The average molecular weight is 469 g/mol. The first-order chi connectivity index (χ1) is 16.0. The summed E-state index contributed by atoms with van der Waals surface area (Å²) in [6.45, 7) is 3.64. The van der Waals surface area contributed by atoms with Gasteiger partial charge in [-0.3, -0.25) is 9.59 Å². The molecule has 10 heteroatoms. The Morgan fingerprint density at radius 3 is 2.52 bits per heavy atom. The van der Waals surface area contributed by atoms with E-state index in [1.807, 2.05) is 30.3 Å². The zero-order chi connectivity index (χ0) is 23.6. The van der Waals surface area contributed by atoms with Crippen LogP contribution in [0, 0.1) is 0 Å². The van der Waals surface area contributed by atoms with Gasteiger partial charge in [0.2, 0.25) is 5.95 Å². The Bertz CT molecular complexity index is 1090. The fourth-order valence-electron chi connectivity index (χ4n) is 2.78. The summed E-state index contributed by atoms with van der Waals surface area (Å²) in [5.41, 5.74) is 1.16. The van der Waals surface area contributed by atoms with Crippen LogP contribution in [0.4, 0.5) is 10.9 Å². The van der Waals surface area contributed by atoms with Gasteiger partial charge in [0.25, 0.3) is 5.91 Å². The van der Waals surface area contributed by atoms with Gasteiger partial charge in [-0.05, 0) is 31.5 Å². The Hall–Kier alpha value is -3.79. The maximum Gasteiger partial charge on any atom is 0.341 e. The van der Waals surface area contributed by atoms with Crippen molar-refractivity contribution in [1.29, 1.82) is 0 Å². The molecule has 2 N–H and O–H groups in total. The van der Waals surface area contributed by atoms with Crippen LogP contribution in [0.3, 0.4) is 0 Å². The van der Waals surface area contributed by atoms with Gasteiger partial charge in [-0.15, -0.1) is 11.3 Å². The standard InChI is InChI=1S/C23H24N4O5S/c1-3-31-22(30)17-14-18(16-8-5-4-6-9-16)33-21(17)27-20(29)15(2)32-19(28)10-13-26-23-24-11-7-12-25-23/h4-9,11-12,14-15H,3,10,13H2,1-2H3,(H,27,29)(H,24,25,26).